The van der Waals surface area contributed by atoms with Crippen LogP contribution in [-0.4, -0.2) is 20.7 Å². The summed E-state index contributed by atoms with van der Waals surface area (Å²) in [6.45, 7) is 4.23. The second-order valence-corrected chi connectivity index (χ2v) is 6.71. The standard InChI is InChI=1S/C18H20N4OS/c1-3-18(2,17-19-11-12-24-17)21-16(23)13-22-15(9-10-20-22)14-7-5-4-6-8-14/h4-12H,3,13H2,1-2H3,(H,21,23). The molecule has 0 bridgehead atoms. The van der Waals surface area contributed by atoms with E-state index in [0.717, 1.165) is 22.7 Å². The lowest BCUT2D eigenvalue weighted by Crippen LogP contribution is -2.44. The highest BCUT2D eigenvalue weighted by molar-refractivity contribution is 7.09. The van der Waals surface area contributed by atoms with Crippen molar-refractivity contribution in [3.63, 3.8) is 0 Å². The monoisotopic (exact) mass is 340 g/mol. The molecule has 0 aliphatic rings. The van der Waals surface area contributed by atoms with E-state index in [4.69, 9.17) is 0 Å². The van der Waals surface area contributed by atoms with Gasteiger partial charge < -0.3 is 5.32 Å². The number of thiazole rings is 1. The molecule has 1 aromatic carbocycles. The molecule has 0 fully saturated rings. The molecule has 0 aliphatic carbocycles. The van der Waals surface area contributed by atoms with Crippen LogP contribution < -0.4 is 5.32 Å². The van der Waals surface area contributed by atoms with Gasteiger partial charge in [0.2, 0.25) is 5.91 Å². The van der Waals surface area contributed by atoms with Gasteiger partial charge in [-0.3, -0.25) is 9.48 Å². The van der Waals surface area contributed by atoms with E-state index in [-0.39, 0.29) is 12.5 Å². The Balaban J connectivity index is 1.76. The smallest absolute Gasteiger partial charge is 0.242 e. The summed E-state index contributed by atoms with van der Waals surface area (Å²) in [4.78, 5) is 16.9. The highest BCUT2D eigenvalue weighted by atomic mass is 32.1. The van der Waals surface area contributed by atoms with Crippen LogP contribution in [0.3, 0.4) is 0 Å². The minimum atomic E-state index is -0.453. The Morgan fingerprint density at radius 1 is 1.25 bits per heavy atom. The maximum atomic E-state index is 12.6. The van der Waals surface area contributed by atoms with Crippen molar-refractivity contribution in [2.45, 2.75) is 32.4 Å². The van der Waals surface area contributed by atoms with E-state index in [0.29, 0.717) is 0 Å². The van der Waals surface area contributed by atoms with Crippen molar-refractivity contribution < 1.29 is 4.79 Å². The fourth-order valence-corrected chi connectivity index (χ4v) is 3.41. The first-order valence-electron chi connectivity index (χ1n) is 7.90. The summed E-state index contributed by atoms with van der Waals surface area (Å²) >= 11 is 1.56. The number of nitrogens with one attached hydrogen (secondary N) is 1. The lowest BCUT2D eigenvalue weighted by atomic mass is 10.00. The summed E-state index contributed by atoms with van der Waals surface area (Å²) in [5.41, 5.74) is 1.52. The molecule has 0 saturated carbocycles. The van der Waals surface area contributed by atoms with Gasteiger partial charge in [-0.2, -0.15) is 5.10 Å². The molecule has 2 aromatic heterocycles. The van der Waals surface area contributed by atoms with Crippen molar-refractivity contribution in [3.05, 3.63) is 59.2 Å². The third-order valence-electron chi connectivity index (χ3n) is 4.11. The third kappa shape index (κ3) is 3.38. The average molecular weight is 340 g/mol. The quantitative estimate of drug-likeness (QED) is 0.748. The summed E-state index contributed by atoms with van der Waals surface area (Å²) in [5, 5.41) is 10.3. The van der Waals surface area contributed by atoms with Crippen molar-refractivity contribution >= 4 is 17.2 Å². The van der Waals surface area contributed by atoms with Crippen molar-refractivity contribution in [1.29, 1.82) is 0 Å². The number of rotatable bonds is 6. The molecule has 1 N–H and O–H groups in total. The minimum Gasteiger partial charge on any atom is -0.343 e. The molecule has 124 valence electrons. The number of nitrogens with zero attached hydrogens (tertiary/aromatic N) is 3. The Hall–Kier alpha value is -2.47. The maximum Gasteiger partial charge on any atom is 0.242 e. The van der Waals surface area contributed by atoms with E-state index in [1.54, 1.807) is 28.4 Å². The summed E-state index contributed by atoms with van der Waals surface area (Å²) < 4.78 is 1.72. The number of benzene rings is 1. The first-order chi connectivity index (χ1) is 11.6. The van der Waals surface area contributed by atoms with Gasteiger partial charge in [-0.15, -0.1) is 11.3 Å². The summed E-state index contributed by atoms with van der Waals surface area (Å²) in [7, 11) is 0. The van der Waals surface area contributed by atoms with Crippen molar-refractivity contribution in [1.82, 2.24) is 20.1 Å². The number of amides is 1. The van der Waals surface area contributed by atoms with Gasteiger partial charge in [0.1, 0.15) is 11.6 Å². The van der Waals surface area contributed by atoms with E-state index >= 15 is 0 Å². The van der Waals surface area contributed by atoms with Crippen molar-refractivity contribution in [3.8, 4) is 11.3 Å². The normalized spacial score (nSPS) is 13.4. The Kier molecular flexibility index (Phi) is 4.76. The minimum absolute atomic E-state index is 0.0737. The lowest BCUT2D eigenvalue weighted by molar-refractivity contribution is -0.123. The Morgan fingerprint density at radius 3 is 2.71 bits per heavy atom. The molecule has 0 radical (unpaired) electrons. The lowest BCUT2D eigenvalue weighted by Gasteiger charge is -2.27. The number of aromatic nitrogens is 3. The van der Waals surface area contributed by atoms with Crippen LogP contribution in [0.5, 0.6) is 0 Å². The SMILES string of the molecule is CCC(C)(NC(=O)Cn1nccc1-c1ccccc1)c1nccs1. The Morgan fingerprint density at radius 2 is 2.04 bits per heavy atom. The van der Waals surface area contributed by atoms with Crippen LogP contribution in [0.15, 0.2) is 54.2 Å². The zero-order valence-corrected chi connectivity index (χ0v) is 14.6. The van der Waals surface area contributed by atoms with Gasteiger partial charge in [0.15, 0.2) is 0 Å². The highest BCUT2D eigenvalue weighted by Gasteiger charge is 2.29. The second kappa shape index (κ2) is 6.97. The molecule has 1 atom stereocenters. The Labute approximate surface area is 145 Å². The first-order valence-corrected chi connectivity index (χ1v) is 8.78. The van der Waals surface area contributed by atoms with Gasteiger partial charge in [0, 0.05) is 17.8 Å². The zero-order chi connectivity index (χ0) is 17.0. The summed E-state index contributed by atoms with van der Waals surface area (Å²) in [6.07, 6.45) is 4.26. The van der Waals surface area contributed by atoms with Crippen LogP contribution in [0.2, 0.25) is 0 Å². The van der Waals surface area contributed by atoms with Crippen LogP contribution in [0.1, 0.15) is 25.3 Å². The Bertz CT molecular complexity index is 798. The predicted molar refractivity (Wildman–Crippen MR) is 95.6 cm³/mol. The van der Waals surface area contributed by atoms with Gasteiger partial charge in [0.25, 0.3) is 0 Å². The summed E-state index contributed by atoms with van der Waals surface area (Å²) in [5.74, 6) is -0.0737. The molecule has 3 aromatic rings. The summed E-state index contributed by atoms with van der Waals surface area (Å²) in [6, 6.07) is 11.9. The molecular weight excluding hydrogens is 320 g/mol. The van der Waals surface area contributed by atoms with E-state index in [1.807, 2.05) is 55.6 Å². The third-order valence-corrected chi connectivity index (χ3v) is 5.14. The molecule has 2 heterocycles. The molecule has 1 unspecified atom stereocenters. The van der Waals surface area contributed by atoms with Crippen LogP contribution >= 0.6 is 11.3 Å². The van der Waals surface area contributed by atoms with E-state index < -0.39 is 5.54 Å². The predicted octanol–water partition coefficient (Wildman–Crippen LogP) is 3.45. The van der Waals surface area contributed by atoms with Crippen molar-refractivity contribution in [2.75, 3.05) is 0 Å². The van der Waals surface area contributed by atoms with E-state index in [1.165, 1.54) is 0 Å². The van der Waals surface area contributed by atoms with E-state index in [9.17, 15) is 4.79 Å². The van der Waals surface area contributed by atoms with Gasteiger partial charge in [0.05, 0.1) is 11.2 Å². The molecular formula is C18H20N4OS. The average Bonchev–Trinajstić information content (AvgIpc) is 3.27. The fraction of sp³-hybridized carbons (Fsp3) is 0.278. The maximum absolute atomic E-state index is 12.6. The fourth-order valence-electron chi connectivity index (χ4n) is 2.59. The van der Waals surface area contributed by atoms with Crippen LogP contribution in [0.4, 0.5) is 0 Å². The molecule has 5 nitrogen and oxygen atoms in total. The van der Waals surface area contributed by atoms with Gasteiger partial charge in [-0.25, -0.2) is 4.98 Å². The second-order valence-electron chi connectivity index (χ2n) is 5.81. The highest BCUT2D eigenvalue weighted by Crippen LogP contribution is 2.26. The molecule has 24 heavy (non-hydrogen) atoms. The van der Waals surface area contributed by atoms with Crippen LogP contribution in [-0.2, 0) is 16.9 Å². The molecule has 0 saturated heterocycles. The molecule has 0 spiro atoms. The number of carbonyl (C=O) groups excluding carboxylic acids is 1. The molecule has 1 amide bonds. The first kappa shape index (κ1) is 16.4. The number of carbonyl (C=O) groups is 1. The van der Waals surface area contributed by atoms with Crippen LogP contribution in [0.25, 0.3) is 11.3 Å². The van der Waals surface area contributed by atoms with Gasteiger partial charge in [-0.1, -0.05) is 37.3 Å². The van der Waals surface area contributed by atoms with Gasteiger partial charge in [-0.05, 0) is 25.0 Å². The largest absolute Gasteiger partial charge is 0.343 e. The van der Waals surface area contributed by atoms with Crippen LogP contribution in [0, 0.1) is 0 Å². The van der Waals surface area contributed by atoms with Gasteiger partial charge >= 0.3 is 0 Å². The molecule has 6 heteroatoms. The number of hydrogen-bond acceptors (Lipinski definition) is 4. The zero-order valence-electron chi connectivity index (χ0n) is 13.8. The molecule has 0 aliphatic heterocycles. The number of hydrogen-bond donors (Lipinski definition) is 1. The molecule has 3 rings (SSSR count). The van der Waals surface area contributed by atoms with Crippen molar-refractivity contribution in [2.24, 2.45) is 0 Å². The topological polar surface area (TPSA) is 59.8 Å². The van der Waals surface area contributed by atoms with E-state index in [2.05, 4.69) is 15.4 Å².